The molecule has 0 bridgehead atoms. The van der Waals surface area contributed by atoms with Gasteiger partial charge in [-0.15, -0.1) is 10.2 Å². The number of hydrazone groups is 1. The van der Waals surface area contributed by atoms with Gasteiger partial charge in [0.25, 0.3) is 5.91 Å². The Balaban J connectivity index is 1.24. The number of nitrogens with zero attached hydrogens (tertiary/aromatic N) is 5. The molecule has 1 amide bonds. The maximum absolute atomic E-state index is 12.5. The number of amides is 1. The molecule has 0 aliphatic carbocycles. The monoisotopic (exact) mass is 504 g/mol. The first kappa shape index (κ1) is 24.1. The van der Waals surface area contributed by atoms with Crippen molar-refractivity contribution in [1.82, 2.24) is 25.2 Å². The zero-order valence-electron chi connectivity index (χ0n) is 20.2. The van der Waals surface area contributed by atoms with Crippen LogP contribution in [0.25, 0.3) is 28.2 Å². The molecule has 5 rings (SSSR count). The lowest BCUT2D eigenvalue weighted by Gasteiger charge is -2.10. The van der Waals surface area contributed by atoms with E-state index in [1.807, 2.05) is 90.4 Å². The summed E-state index contributed by atoms with van der Waals surface area (Å²) in [7, 11) is 0. The Morgan fingerprint density at radius 2 is 1.57 bits per heavy atom. The van der Waals surface area contributed by atoms with Crippen molar-refractivity contribution in [3.63, 3.8) is 0 Å². The van der Waals surface area contributed by atoms with Crippen LogP contribution in [0.5, 0.6) is 0 Å². The first-order valence-electron chi connectivity index (χ1n) is 11.7. The third-order valence-electron chi connectivity index (χ3n) is 5.62. The molecular formula is C29H24N6OS. The molecule has 2 aromatic heterocycles. The lowest BCUT2D eigenvalue weighted by molar-refractivity contribution is -0.118. The van der Waals surface area contributed by atoms with E-state index in [1.165, 1.54) is 11.8 Å². The second-order valence-corrected chi connectivity index (χ2v) is 9.23. The van der Waals surface area contributed by atoms with Gasteiger partial charge in [0.15, 0.2) is 11.0 Å². The van der Waals surface area contributed by atoms with E-state index in [-0.39, 0.29) is 11.7 Å². The third-order valence-corrected chi connectivity index (χ3v) is 6.55. The van der Waals surface area contributed by atoms with Crippen LogP contribution in [0.3, 0.4) is 0 Å². The van der Waals surface area contributed by atoms with Crippen molar-refractivity contribution in [2.75, 3.05) is 5.75 Å². The minimum Gasteiger partial charge on any atom is -0.272 e. The Morgan fingerprint density at radius 3 is 2.30 bits per heavy atom. The molecular weight excluding hydrogens is 480 g/mol. The first-order valence-corrected chi connectivity index (χ1v) is 12.7. The number of benzene rings is 3. The molecule has 37 heavy (non-hydrogen) atoms. The molecule has 0 aliphatic rings. The van der Waals surface area contributed by atoms with Gasteiger partial charge in [-0.2, -0.15) is 5.10 Å². The van der Waals surface area contributed by atoms with Crippen molar-refractivity contribution >= 4 is 23.9 Å². The highest BCUT2D eigenvalue weighted by Crippen LogP contribution is 2.28. The van der Waals surface area contributed by atoms with Crippen LogP contribution >= 0.6 is 11.8 Å². The Hall–Kier alpha value is -4.56. The third kappa shape index (κ3) is 5.99. The SMILES string of the molecule is Cc1ccc(-n2c(SCC(=O)NN=Cc3ccc(-c4ccccc4)cc3)nnc2-c2ccncc2)cc1. The van der Waals surface area contributed by atoms with Crippen molar-refractivity contribution in [2.24, 2.45) is 5.10 Å². The molecule has 8 heteroatoms. The van der Waals surface area contributed by atoms with Crippen LogP contribution in [-0.4, -0.2) is 37.6 Å². The molecule has 0 saturated heterocycles. The molecule has 182 valence electrons. The number of aromatic nitrogens is 4. The lowest BCUT2D eigenvalue weighted by Crippen LogP contribution is -2.20. The first-order chi connectivity index (χ1) is 18.2. The van der Waals surface area contributed by atoms with Crippen molar-refractivity contribution in [1.29, 1.82) is 0 Å². The standard InChI is InChI=1S/C29H24N6OS/c1-21-7-13-26(14-8-21)35-28(25-15-17-30-18-16-25)33-34-29(35)37-20-27(36)32-31-19-22-9-11-24(12-10-22)23-5-3-2-4-6-23/h2-19H,20H2,1H3,(H,32,36). The van der Waals surface area contributed by atoms with Crippen molar-refractivity contribution < 1.29 is 4.79 Å². The number of thioether (sulfide) groups is 1. The van der Waals surface area contributed by atoms with Crippen LogP contribution < -0.4 is 5.43 Å². The summed E-state index contributed by atoms with van der Waals surface area (Å²) < 4.78 is 1.95. The topological polar surface area (TPSA) is 85.1 Å². The highest BCUT2D eigenvalue weighted by atomic mass is 32.2. The summed E-state index contributed by atoms with van der Waals surface area (Å²) in [6.45, 7) is 2.04. The lowest BCUT2D eigenvalue weighted by atomic mass is 10.0. The van der Waals surface area contributed by atoms with Crippen LogP contribution in [-0.2, 0) is 4.79 Å². The Morgan fingerprint density at radius 1 is 0.865 bits per heavy atom. The van der Waals surface area contributed by atoms with E-state index in [0.29, 0.717) is 11.0 Å². The summed E-state index contributed by atoms with van der Waals surface area (Å²) in [5.41, 5.74) is 8.74. The van der Waals surface area contributed by atoms with Gasteiger partial charge in [0.05, 0.1) is 12.0 Å². The molecule has 2 heterocycles. The largest absolute Gasteiger partial charge is 0.272 e. The fraction of sp³-hybridized carbons (Fsp3) is 0.0690. The maximum Gasteiger partial charge on any atom is 0.250 e. The molecule has 0 unspecified atom stereocenters. The van der Waals surface area contributed by atoms with E-state index in [1.54, 1.807) is 18.6 Å². The molecule has 0 aliphatic heterocycles. The van der Waals surface area contributed by atoms with Crippen LogP contribution in [0.4, 0.5) is 0 Å². The Bertz CT molecular complexity index is 1500. The number of rotatable bonds is 8. The fourth-order valence-corrected chi connectivity index (χ4v) is 4.46. The summed E-state index contributed by atoms with van der Waals surface area (Å²) in [6.07, 6.45) is 5.07. The van der Waals surface area contributed by atoms with Crippen molar-refractivity contribution in [3.8, 4) is 28.2 Å². The molecule has 0 radical (unpaired) electrons. The van der Waals surface area contributed by atoms with E-state index < -0.39 is 0 Å². The molecule has 1 N–H and O–H groups in total. The number of aryl methyl sites for hydroxylation is 1. The molecule has 7 nitrogen and oxygen atoms in total. The van der Waals surface area contributed by atoms with Crippen LogP contribution in [0, 0.1) is 6.92 Å². The van der Waals surface area contributed by atoms with Gasteiger partial charge in [-0.3, -0.25) is 14.3 Å². The summed E-state index contributed by atoms with van der Waals surface area (Å²) in [6, 6.07) is 30.0. The minimum atomic E-state index is -0.230. The normalized spacial score (nSPS) is 11.1. The molecule has 0 spiro atoms. The van der Waals surface area contributed by atoms with Gasteiger partial charge in [0.2, 0.25) is 0 Å². The average Bonchev–Trinajstić information content (AvgIpc) is 3.38. The van der Waals surface area contributed by atoms with Crippen LogP contribution in [0.2, 0.25) is 0 Å². The maximum atomic E-state index is 12.5. The van der Waals surface area contributed by atoms with Gasteiger partial charge < -0.3 is 0 Å². The summed E-state index contributed by atoms with van der Waals surface area (Å²) in [5, 5.41) is 13.5. The second-order valence-electron chi connectivity index (χ2n) is 8.28. The van der Waals surface area contributed by atoms with Crippen LogP contribution in [0.15, 0.2) is 114 Å². The van der Waals surface area contributed by atoms with Crippen molar-refractivity contribution in [3.05, 3.63) is 115 Å². The highest BCUT2D eigenvalue weighted by molar-refractivity contribution is 7.99. The van der Waals surface area contributed by atoms with Gasteiger partial charge in [-0.05, 0) is 47.9 Å². The van der Waals surface area contributed by atoms with Gasteiger partial charge in [-0.25, -0.2) is 5.43 Å². The minimum absolute atomic E-state index is 0.143. The molecule has 0 saturated carbocycles. The number of pyridine rings is 1. The van der Waals surface area contributed by atoms with E-state index in [0.717, 1.165) is 33.5 Å². The van der Waals surface area contributed by atoms with Gasteiger partial charge in [0, 0.05) is 23.6 Å². The molecule has 5 aromatic rings. The number of nitrogens with one attached hydrogen (secondary N) is 1. The van der Waals surface area contributed by atoms with Gasteiger partial charge in [0.1, 0.15) is 0 Å². The molecule has 3 aromatic carbocycles. The fourth-order valence-electron chi connectivity index (χ4n) is 3.71. The summed E-state index contributed by atoms with van der Waals surface area (Å²) in [5.74, 6) is 0.599. The predicted octanol–water partition coefficient (Wildman–Crippen LogP) is 5.55. The van der Waals surface area contributed by atoms with Crippen molar-refractivity contribution in [2.45, 2.75) is 12.1 Å². The van der Waals surface area contributed by atoms with Gasteiger partial charge in [-0.1, -0.05) is 84.1 Å². The van der Waals surface area contributed by atoms with E-state index in [2.05, 4.69) is 37.8 Å². The summed E-state index contributed by atoms with van der Waals surface area (Å²) in [4.78, 5) is 16.6. The number of carbonyl (C=O) groups is 1. The van der Waals surface area contributed by atoms with E-state index in [9.17, 15) is 4.79 Å². The second kappa shape index (κ2) is 11.5. The quantitative estimate of drug-likeness (QED) is 0.170. The van der Waals surface area contributed by atoms with Crippen LogP contribution in [0.1, 0.15) is 11.1 Å². The predicted molar refractivity (Wildman–Crippen MR) is 148 cm³/mol. The van der Waals surface area contributed by atoms with Gasteiger partial charge >= 0.3 is 0 Å². The smallest absolute Gasteiger partial charge is 0.250 e. The summed E-state index contributed by atoms with van der Waals surface area (Å²) >= 11 is 1.30. The Labute approximate surface area is 219 Å². The Kier molecular flexibility index (Phi) is 7.47. The molecule has 0 atom stereocenters. The van der Waals surface area contributed by atoms with E-state index in [4.69, 9.17) is 0 Å². The number of hydrogen-bond acceptors (Lipinski definition) is 6. The van der Waals surface area contributed by atoms with E-state index >= 15 is 0 Å². The molecule has 0 fully saturated rings. The number of hydrogen-bond donors (Lipinski definition) is 1. The zero-order chi connectivity index (χ0) is 25.5. The zero-order valence-corrected chi connectivity index (χ0v) is 21.0. The highest BCUT2D eigenvalue weighted by Gasteiger charge is 2.17. The average molecular weight is 505 g/mol. The number of carbonyl (C=O) groups excluding carboxylic acids is 1.